The van der Waals surface area contributed by atoms with Crippen molar-refractivity contribution in [2.75, 3.05) is 19.8 Å². The first-order valence-electron chi connectivity index (χ1n) is 21.7. The summed E-state index contributed by atoms with van der Waals surface area (Å²) < 4.78 is 24.1. The van der Waals surface area contributed by atoms with E-state index in [2.05, 4.69) is 32.2 Å². The molecule has 6 aliphatic rings. The number of hydrogen-bond donors (Lipinski definition) is 7. The van der Waals surface area contributed by atoms with Gasteiger partial charge in [-0.05, 0) is 99.7 Å². The molecule has 1 aliphatic heterocycles. The van der Waals surface area contributed by atoms with Crippen LogP contribution in [-0.4, -0.2) is 123 Å². The minimum atomic E-state index is -1.69. The van der Waals surface area contributed by atoms with E-state index in [1.54, 1.807) is 26.8 Å². The average molecular weight is 834 g/mol. The number of nitrogens with one attached hydrogen (secondary N) is 1. The van der Waals surface area contributed by atoms with Gasteiger partial charge in [-0.3, -0.25) is 9.59 Å². The van der Waals surface area contributed by atoms with Crippen molar-refractivity contribution < 1.29 is 64.0 Å². The normalized spacial score (nSPS) is 47.9. The van der Waals surface area contributed by atoms with Gasteiger partial charge in [0.2, 0.25) is 0 Å². The van der Waals surface area contributed by atoms with Crippen LogP contribution in [0.5, 0.6) is 0 Å². The van der Waals surface area contributed by atoms with E-state index in [-0.39, 0.29) is 48.8 Å². The van der Waals surface area contributed by atoms with Crippen molar-refractivity contribution in [2.45, 2.75) is 169 Å². The van der Waals surface area contributed by atoms with Crippen LogP contribution in [0.25, 0.3) is 0 Å². The molecule has 14 nitrogen and oxygen atoms in total. The van der Waals surface area contributed by atoms with Crippen molar-refractivity contribution in [2.24, 2.45) is 50.2 Å². The summed E-state index contributed by atoms with van der Waals surface area (Å²) in [4.78, 5) is 38.3. The number of rotatable bonds is 9. The lowest BCUT2D eigenvalue weighted by molar-refractivity contribution is -0.326. The highest BCUT2D eigenvalue weighted by molar-refractivity contribution is 5.87. The molecule has 1 saturated heterocycles. The summed E-state index contributed by atoms with van der Waals surface area (Å²) in [6, 6.07) is 0. The van der Waals surface area contributed by atoms with E-state index in [4.69, 9.17) is 18.9 Å². The Kier molecular flexibility index (Phi) is 12.5. The highest BCUT2D eigenvalue weighted by Crippen LogP contribution is 2.76. The molecule has 0 aromatic carbocycles. The van der Waals surface area contributed by atoms with Crippen molar-refractivity contribution in [1.82, 2.24) is 5.32 Å². The van der Waals surface area contributed by atoms with Crippen LogP contribution in [0.4, 0.5) is 0 Å². The van der Waals surface area contributed by atoms with Gasteiger partial charge in [-0.15, -0.1) is 0 Å². The molecule has 1 heterocycles. The number of hydrogen-bond acceptors (Lipinski definition) is 13. The van der Waals surface area contributed by atoms with E-state index in [0.717, 1.165) is 18.4 Å². The van der Waals surface area contributed by atoms with Crippen molar-refractivity contribution in [3.05, 3.63) is 23.3 Å². The second-order valence-corrected chi connectivity index (χ2v) is 20.5. The molecule has 14 heteroatoms. The lowest BCUT2D eigenvalue weighted by atomic mass is 9.33. The molecule has 0 spiro atoms. The Labute approximate surface area is 349 Å². The van der Waals surface area contributed by atoms with Gasteiger partial charge in [0.25, 0.3) is 5.91 Å². The summed E-state index contributed by atoms with van der Waals surface area (Å²) in [5.41, 5.74) is -2.52. The number of esters is 2. The third-order valence-corrected chi connectivity index (χ3v) is 17.2. The van der Waals surface area contributed by atoms with E-state index < -0.39 is 101 Å². The average Bonchev–Trinajstić information content (AvgIpc) is 3.17. The van der Waals surface area contributed by atoms with Gasteiger partial charge in [0.1, 0.15) is 37.1 Å². The Bertz CT molecular complexity index is 1700. The van der Waals surface area contributed by atoms with E-state index in [9.17, 15) is 45.0 Å². The van der Waals surface area contributed by atoms with Crippen molar-refractivity contribution in [3.63, 3.8) is 0 Å². The third-order valence-electron chi connectivity index (χ3n) is 17.2. The van der Waals surface area contributed by atoms with Crippen LogP contribution in [-0.2, 0) is 33.3 Å². The number of aliphatic hydroxyl groups is 6. The van der Waals surface area contributed by atoms with E-state index in [1.165, 1.54) is 6.92 Å². The minimum Gasteiger partial charge on any atom is -0.465 e. The van der Waals surface area contributed by atoms with Gasteiger partial charge in [-0.1, -0.05) is 59.3 Å². The molecule has 7 N–H and O–H groups in total. The number of aliphatic hydroxyl groups excluding tert-OH is 6. The van der Waals surface area contributed by atoms with Crippen molar-refractivity contribution in [3.8, 4) is 0 Å². The Morgan fingerprint density at radius 2 is 1.61 bits per heavy atom. The van der Waals surface area contributed by atoms with E-state index in [0.29, 0.717) is 31.3 Å². The van der Waals surface area contributed by atoms with Gasteiger partial charge in [0.05, 0.1) is 24.2 Å². The van der Waals surface area contributed by atoms with Crippen LogP contribution in [0.2, 0.25) is 0 Å². The summed E-state index contributed by atoms with van der Waals surface area (Å²) in [6.07, 6.45) is -3.79. The van der Waals surface area contributed by atoms with Crippen LogP contribution in [0.3, 0.4) is 0 Å². The summed E-state index contributed by atoms with van der Waals surface area (Å²) in [5.74, 6) is -2.04. The number of allylic oxidation sites excluding steroid dienone is 3. The highest BCUT2D eigenvalue weighted by atomic mass is 16.7. The second-order valence-electron chi connectivity index (χ2n) is 20.5. The molecule has 4 saturated carbocycles. The van der Waals surface area contributed by atoms with Crippen LogP contribution < -0.4 is 5.32 Å². The molecular weight excluding hydrogens is 762 g/mol. The predicted octanol–water partition coefficient (Wildman–Crippen LogP) is 3.08. The third kappa shape index (κ3) is 6.94. The second kappa shape index (κ2) is 16.0. The molecule has 0 unspecified atom stereocenters. The van der Waals surface area contributed by atoms with Gasteiger partial charge < -0.3 is 54.9 Å². The fourth-order valence-corrected chi connectivity index (χ4v) is 13.5. The van der Waals surface area contributed by atoms with Gasteiger partial charge in [-0.2, -0.15) is 0 Å². The maximum Gasteiger partial charge on any atom is 0.333 e. The standard InChI is InChI=1S/C45H71NO13/c1-11-23(3)38(55)59-36-35(53)45(22-56-24(4)48)26(19-40(36,5)6)25-13-14-28-41(7)17-16-30(57-39-33(52)31(50)32(51)34(58-39)37(54)46-12-2)42(8,21-47)27(41)15-18-43(28,9)44(25,10)20-29(45)49/h11,13,26-36,39,47,49-53H,12,14-22H2,1-10H3,(H,46,54)/b23-11+/t26-,27+,28+,29-,30-,31-,32-,33+,34-,35-,36-,39+,41-,42-,43+,44+,45-/m0/s1. The Balaban J connectivity index is 1.34. The first-order chi connectivity index (χ1) is 27.4. The fraction of sp³-hybridized carbons (Fsp3) is 0.844. The first-order valence-corrected chi connectivity index (χ1v) is 21.7. The minimum absolute atomic E-state index is 0.0473. The molecule has 17 atom stereocenters. The van der Waals surface area contributed by atoms with Crippen molar-refractivity contribution in [1.29, 1.82) is 0 Å². The summed E-state index contributed by atoms with van der Waals surface area (Å²) in [6.45, 7) is 19.1. The molecule has 0 radical (unpaired) electrons. The molecule has 0 aromatic rings. The molecular formula is C45H71NO13. The Morgan fingerprint density at radius 3 is 2.22 bits per heavy atom. The van der Waals surface area contributed by atoms with Gasteiger partial charge in [0, 0.05) is 29.9 Å². The number of amides is 1. The lowest BCUT2D eigenvalue weighted by Crippen LogP contribution is -2.72. The summed E-state index contributed by atoms with van der Waals surface area (Å²) >= 11 is 0. The zero-order valence-corrected chi connectivity index (χ0v) is 36.7. The molecule has 6 rings (SSSR count). The topological polar surface area (TPSA) is 222 Å². The molecule has 5 fully saturated rings. The summed E-state index contributed by atoms with van der Waals surface area (Å²) in [7, 11) is 0. The maximum atomic E-state index is 13.2. The maximum absolute atomic E-state index is 13.2. The molecule has 59 heavy (non-hydrogen) atoms. The number of carbonyl (C=O) groups is 3. The fourth-order valence-electron chi connectivity index (χ4n) is 13.5. The Morgan fingerprint density at radius 1 is 0.932 bits per heavy atom. The molecule has 0 aromatic heterocycles. The number of ether oxygens (including phenoxy) is 4. The largest absolute Gasteiger partial charge is 0.465 e. The van der Waals surface area contributed by atoms with Gasteiger partial charge in [0.15, 0.2) is 12.4 Å². The molecule has 1 amide bonds. The number of carbonyl (C=O) groups excluding carboxylic acids is 3. The zero-order chi connectivity index (χ0) is 43.8. The summed E-state index contributed by atoms with van der Waals surface area (Å²) in [5, 5.41) is 71.2. The lowest BCUT2D eigenvalue weighted by Gasteiger charge is -2.72. The monoisotopic (exact) mass is 833 g/mol. The van der Waals surface area contributed by atoms with Crippen LogP contribution >= 0.6 is 0 Å². The highest BCUT2D eigenvalue weighted by Gasteiger charge is 2.73. The quantitative estimate of drug-likeness (QED) is 0.0770. The number of likely N-dealkylation sites (N-methyl/N-ethyl adjacent to an activating group) is 1. The smallest absolute Gasteiger partial charge is 0.333 e. The van der Waals surface area contributed by atoms with Crippen LogP contribution in [0.1, 0.15) is 114 Å². The predicted molar refractivity (Wildman–Crippen MR) is 215 cm³/mol. The molecule has 334 valence electrons. The Hall–Kier alpha value is -2.43. The first kappa shape index (κ1) is 46.1. The SMILES string of the molecule is C/C=C(\C)C(=O)O[C@H]1[C@H](O)[C@]2(COC(C)=O)[C@@H](O)C[C@]3(C)C(=CC[C@@H]4[C@@]5(C)CC[C@H](O[C@@H]6O[C@H](C(=O)NCC)[C@@H](O)[C@H](O)[C@H]6O)[C@@](C)(CO)[C@@H]5CC[C@]43C)[C@@H]2CC1(C)C. The van der Waals surface area contributed by atoms with Crippen LogP contribution in [0, 0.1) is 50.2 Å². The van der Waals surface area contributed by atoms with E-state index in [1.807, 2.05) is 20.8 Å². The number of fused-ring (bicyclic) bond motifs is 7. The van der Waals surface area contributed by atoms with E-state index >= 15 is 0 Å². The molecule has 0 bridgehead atoms. The van der Waals surface area contributed by atoms with Crippen LogP contribution in [0.15, 0.2) is 23.3 Å². The zero-order valence-electron chi connectivity index (χ0n) is 36.7. The van der Waals surface area contributed by atoms with Gasteiger partial charge in [-0.25, -0.2) is 4.79 Å². The van der Waals surface area contributed by atoms with Gasteiger partial charge >= 0.3 is 11.9 Å². The van der Waals surface area contributed by atoms with Crippen molar-refractivity contribution >= 4 is 17.8 Å². The molecule has 5 aliphatic carbocycles.